The van der Waals surface area contributed by atoms with Gasteiger partial charge in [-0.1, -0.05) is 11.2 Å². The minimum Gasteiger partial charge on any atom is -0.493 e. The van der Waals surface area contributed by atoms with E-state index in [1.54, 1.807) is 14.2 Å². The molecule has 1 N–H and O–H groups in total. The molecule has 2 aromatic heterocycles. The Kier molecular flexibility index (Phi) is 6.20. The van der Waals surface area contributed by atoms with Crippen LogP contribution in [0, 0.1) is 12.8 Å². The van der Waals surface area contributed by atoms with Crippen LogP contribution in [0.4, 0.5) is 5.82 Å². The van der Waals surface area contributed by atoms with E-state index in [0.717, 1.165) is 54.8 Å². The van der Waals surface area contributed by atoms with Gasteiger partial charge in [-0.15, -0.1) is 0 Å². The summed E-state index contributed by atoms with van der Waals surface area (Å²) in [6, 6.07) is 5.81. The first kappa shape index (κ1) is 20.9. The lowest BCUT2D eigenvalue weighted by Gasteiger charge is -2.32. The number of amides is 1. The molecule has 3 aromatic rings. The highest BCUT2D eigenvalue weighted by atomic mass is 16.5. The minimum atomic E-state index is 0.00236. The Morgan fingerprint density at radius 2 is 1.97 bits per heavy atom. The van der Waals surface area contributed by atoms with E-state index in [-0.39, 0.29) is 11.8 Å². The van der Waals surface area contributed by atoms with Crippen molar-refractivity contribution < 1.29 is 18.8 Å². The van der Waals surface area contributed by atoms with E-state index in [1.165, 1.54) is 6.33 Å². The second-order valence-corrected chi connectivity index (χ2v) is 7.64. The summed E-state index contributed by atoms with van der Waals surface area (Å²) in [6.45, 7) is 3.98. The molecule has 1 aromatic carbocycles. The molecule has 0 saturated carbocycles. The molecule has 3 heterocycles. The van der Waals surface area contributed by atoms with Gasteiger partial charge in [0.25, 0.3) is 5.71 Å². The van der Waals surface area contributed by atoms with Crippen LogP contribution in [0.2, 0.25) is 0 Å². The number of hydrogen-bond donors (Lipinski definition) is 1. The molecule has 0 atom stereocenters. The molecule has 1 amide bonds. The summed E-state index contributed by atoms with van der Waals surface area (Å²) in [4.78, 5) is 23.4. The summed E-state index contributed by atoms with van der Waals surface area (Å²) in [5.41, 5.74) is 2.36. The molecule has 0 radical (unpaired) electrons. The maximum Gasteiger partial charge on any atom is 0.263 e. The molecule has 1 aliphatic heterocycles. The van der Waals surface area contributed by atoms with Gasteiger partial charge in [-0.3, -0.25) is 4.79 Å². The molecular formula is C22H27N5O4. The van der Waals surface area contributed by atoms with Gasteiger partial charge in [0, 0.05) is 25.6 Å². The first-order valence-electron chi connectivity index (χ1n) is 10.4. The molecule has 0 aliphatic carbocycles. The van der Waals surface area contributed by atoms with Crippen molar-refractivity contribution >= 4 is 22.8 Å². The largest absolute Gasteiger partial charge is 0.493 e. The highest BCUT2D eigenvalue weighted by molar-refractivity contribution is 5.88. The van der Waals surface area contributed by atoms with Crippen LogP contribution in [0.15, 0.2) is 29.0 Å². The highest BCUT2D eigenvalue weighted by Crippen LogP contribution is 2.30. The van der Waals surface area contributed by atoms with Gasteiger partial charge in [0.15, 0.2) is 11.5 Å². The Hall–Kier alpha value is -3.36. The SMILES string of the molecule is COc1ccc(CCNC(=O)C2CCN(c3ncnc4onc(C)c34)CC2)cc1OC. The highest BCUT2D eigenvalue weighted by Gasteiger charge is 2.27. The average molecular weight is 425 g/mol. The summed E-state index contributed by atoms with van der Waals surface area (Å²) < 4.78 is 15.8. The van der Waals surface area contributed by atoms with Crippen molar-refractivity contribution in [1.29, 1.82) is 0 Å². The fourth-order valence-electron chi connectivity index (χ4n) is 4.01. The topological polar surface area (TPSA) is 103 Å². The average Bonchev–Trinajstić information content (AvgIpc) is 3.20. The maximum absolute atomic E-state index is 12.7. The molecule has 4 rings (SSSR count). The van der Waals surface area contributed by atoms with Gasteiger partial charge < -0.3 is 24.2 Å². The van der Waals surface area contributed by atoms with Crippen molar-refractivity contribution in [3.05, 3.63) is 35.8 Å². The number of methoxy groups -OCH3 is 2. The van der Waals surface area contributed by atoms with Crippen molar-refractivity contribution in [2.45, 2.75) is 26.2 Å². The van der Waals surface area contributed by atoms with Crippen molar-refractivity contribution in [3.63, 3.8) is 0 Å². The van der Waals surface area contributed by atoms with Crippen molar-refractivity contribution in [2.75, 3.05) is 38.8 Å². The van der Waals surface area contributed by atoms with Gasteiger partial charge in [0.05, 0.1) is 19.9 Å². The number of carbonyl (C=O) groups excluding carboxylic acids is 1. The molecule has 0 spiro atoms. The fourth-order valence-corrected chi connectivity index (χ4v) is 4.01. The van der Waals surface area contributed by atoms with Gasteiger partial charge in [-0.25, -0.2) is 4.98 Å². The number of benzene rings is 1. The lowest BCUT2D eigenvalue weighted by molar-refractivity contribution is -0.125. The van der Waals surface area contributed by atoms with Gasteiger partial charge in [-0.2, -0.15) is 4.98 Å². The van der Waals surface area contributed by atoms with Crippen LogP contribution >= 0.6 is 0 Å². The molecular weight excluding hydrogens is 398 g/mol. The van der Waals surface area contributed by atoms with Crippen LogP contribution in [0.3, 0.4) is 0 Å². The third-order valence-corrected chi connectivity index (χ3v) is 5.75. The molecule has 0 bridgehead atoms. The number of piperidine rings is 1. The van der Waals surface area contributed by atoms with E-state index in [4.69, 9.17) is 14.0 Å². The summed E-state index contributed by atoms with van der Waals surface area (Å²) in [5, 5.41) is 7.91. The molecule has 9 nitrogen and oxygen atoms in total. The number of aryl methyl sites for hydroxylation is 1. The number of nitrogens with one attached hydrogen (secondary N) is 1. The van der Waals surface area contributed by atoms with E-state index in [9.17, 15) is 4.79 Å². The van der Waals surface area contributed by atoms with E-state index < -0.39 is 0 Å². The van der Waals surface area contributed by atoms with Crippen LogP contribution in [-0.4, -0.2) is 54.9 Å². The zero-order valence-electron chi connectivity index (χ0n) is 18.1. The zero-order valence-corrected chi connectivity index (χ0v) is 18.1. The third-order valence-electron chi connectivity index (χ3n) is 5.75. The summed E-state index contributed by atoms with van der Waals surface area (Å²) >= 11 is 0. The van der Waals surface area contributed by atoms with Crippen LogP contribution in [-0.2, 0) is 11.2 Å². The number of anilines is 1. The first-order chi connectivity index (χ1) is 15.1. The summed E-state index contributed by atoms with van der Waals surface area (Å²) in [7, 11) is 3.23. The van der Waals surface area contributed by atoms with Gasteiger partial charge in [-0.05, 0) is 43.9 Å². The van der Waals surface area contributed by atoms with Crippen LogP contribution < -0.4 is 19.7 Å². The number of carbonyl (C=O) groups is 1. The van der Waals surface area contributed by atoms with Gasteiger partial charge in [0.1, 0.15) is 17.5 Å². The van der Waals surface area contributed by atoms with Crippen molar-refractivity contribution in [2.24, 2.45) is 5.92 Å². The number of fused-ring (bicyclic) bond motifs is 1. The monoisotopic (exact) mass is 425 g/mol. The second-order valence-electron chi connectivity index (χ2n) is 7.64. The number of aromatic nitrogens is 3. The molecule has 0 unspecified atom stereocenters. The van der Waals surface area contributed by atoms with Gasteiger partial charge in [0.2, 0.25) is 5.91 Å². The number of ether oxygens (including phenoxy) is 2. The fraction of sp³-hybridized carbons (Fsp3) is 0.455. The minimum absolute atomic E-state index is 0.00236. The molecule has 164 valence electrons. The first-order valence-corrected chi connectivity index (χ1v) is 10.4. The molecule has 1 saturated heterocycles. The summed E-state index contributed by atoms with van der Waals surface area (Å²) in [6.07, 6.45) is 3.78. The predicted octanol–water partition coefficient (Wildman–Crippen LogP) is 2.52. The summed E-state index contributed by atoms with van der Waals surface area (Å²) in [5.74, 6) is 2.33. The van der Waals surface area contributed by atoms with E-state index in [1.807, 2.05) is 25.1 Å². The van der Waals surface area contributed by atoms with E-state index in [2.05, 4.69) is 25.3 Å². The number of rotatable bonds is 7. The Balaban J connectivity index is 1.29. The number of hydrogen-bond acceptors (Lipinski definition) is 8. The third kappa shape index (κ3) is 4.40. The Bertz CT molecular complexity index is 1060. The van der Waals surface area contributed by atoms with E-state index in [0.29, 0.717) is 23.8 Å². The van der Waals surface area contributed by atoms with Crippen LogP contribution in [0.5, 0.6) is 11.5 Å². The van der Waals surface area contributed by atoms with E-state index >= 15 is 0 Å². The second kappa shape index (κ2) is 9.20. The Morgan fingerprint density at radius 1 is 1.19 bits per heavy atom. The lowest BCUT2D eigenvalue weighted by Crippen LogP contribution is -2.41. The smallest absolute Gasteiger partial charge is 0.263 e. The Labute approximate surface area is 180 Å². The predicted molar refractivity (Wildman–Crippen MR) is 116 cm³/mol. The van der Waals surface area contributed by atoms with Gasteiger partial charge >= 0.3 is 0 Å². The zero-order chi connectivity index (χ0) is 21.8. The van der Waals surface area contributed by atoms with Crippen molar-refractivity contribution in [1.82, 2.24) is 20.4 Å². The molecule has 1 aliphatic rings. The van der Waals surface area contributed by atoms with Crippen LogP contribution in [0.1, 0.15) is 24.1 Å². The van der Waals surface area contributed by atoms with Crippen molar-refractivity contribution in [3.8, 4) is 11.5 Å². The quantitative estimate of drug-likeness (QED) is 0.616. The normalized spacial score (nSPS) is 14.6. The standard InChI is InChI=1S/C22H27N5O4/c1-14-19-20(24-13-25-22(19)31-26-14)27-10-7-16(8-11-27)21(28)23-9-6-15-4-5-17(29-2)18(12-15)30-3/h4-5,12-13,16H,6-11H2,1-3H3,(H,23,28). The Morgan fingerprint density at radius 3 is 2.71 bits per heavy atom. The molecule has 9 heteroatoms. The maximum atomic E-state index is 12.7. The molecule has 1 fully saturated rings. The lowest BCUT2D eigenvalue weighted by atomic mass is 9.95. The molecule has 31 heavy (non-hydrogen) atoms. The number of nitrogens with zero attached hydrogens (tertiary/aromatic N) is 4. The van der Waals surface area contributed by atoms with Crippen LogP contribution in [0.25, 0.3) is 11.1 Å².